The predicted octanol–water partition coefficient (Wildman–Crippen LogP) is 3.09. The van der Waals surface area contributed by atoms with E-state index in [0.29, 0.717) is 25.2 Å². The number of rotatable bonds is 8. The molecule has 0 aliphatic carbocycles. The Morgan fingerprint density at radius 3 is 2.05 bits per heavy atom. The molecule has 1 fully saturated rings. The highest BCUT2D eigenvalue weighted by atomic mass is 16.3. The summed E-state index contributed by atoms with van der Waals surface area (Å²) in [4.78, 5) is 60.4. The van der Waals surface area contributed by atoms with E-state index in [2.05, 4.69) is 15.6 Å². The van der Waals surface area contributed by atoms with Crippen molar-refractivity contribution < 1.29 is 14.7 Å². The molecule has 228 valence electrons. The fraction of sp³-hybridized carbons (Fsp3) is 0.281. The average molecular weight is 598 g/mol. The molecular weight excluding hydrogens is 562 g/mol. The average Bonchev–Trinajstić information content (AvgIpc) is 3.07. The molecule has 4 aromatic rings. The van der Waals surface area contributed by atoms with Gasteiger partial charge in [-0.2, -0.15) is 0 Å². The normalized spacial score (nSPS) is 13.8. The zero-order chi connectivity index (χ0) is 31.4. The molecule has 5 rings (SSSR count). The number of anilines is 3. The molecule has 0 radical (unpaired) electrons. The van der Waals surface area contributed by atoms with Gasteiger partial charge in [-0.1, -0.05) is 49.4 Å². The Balaban J connectivity index is 1.39. The van der Waals surface area contributed by atoms with Gasteiger partial charge in [-0.25, -0.2) is 9.36 Å². The first-order valence-corrected chi connectivity index (χ1v) is 14.4. The number of hydrogen-bond donors (Lipinski definition) is 3. The van der Waals surface area contributed by atoms with Gasteiger partial charge in [0.2, 0.25) is 0 Å². The zero-order valence-corrected chi connectivity index (χ0v) is 24.9. The number of para-hydroxylation sites is 1. The van der Waals surface area contributed by atoms with E-state index in [1.54, 1.807) is 40.3 Å². The van der Waals surface area contributed by atoms with E-state index in [-0.39, 0.29) is 53.4 Å². The zero-order valence-electron chi connectivity index (χ0n) is 24.9. The van der Waals surface area contributed by atoms with Crippen LogP contribution in [0.2, 0.25) is 0 Å². The number of aromatic nitrogens is 3. The second-order valence-corrected chi connectivity index (χ2v) is 10.5. The summed E-state index contributed by atoms with van der Waals surface area (Å²) in [5.74, 6) is -0.973. The highest BCUT2D eigenvalue weighted by molar-refractivity contribution is 5.99. The van der Waals surface area contributed by atoms with Crippen LogP contribution in [-0.2, 0) is 14.1 Å². The lowest BCUT2D eigenvalue weighted by Gasteiger charge is -2.34. The Kier molecular flexibility index (Phi) is 8.79. The maximum atomic E-state index is 13.5. The van der Waals surface area contributed by atoms with E-state index in [4.69, 9.17) is 0 Å². The monoisotopic (exact) mass is 597 g/mol. The van der Waals surface area contributed by atoms with Crippen LogP contribution in [0.5, 0.6) is 5.75 Å². The summed E-state index contributed by atoms with van der Waals surface area (Å²) in [5, 5.41) is 17.4. The maximum Gasteiger partial charge on any atom is 0.290 e. The molecule has 0 saturated carbocycles. The Morgan fingerprint density at radius 2 is 1.43 bits per heavy atom. The minimum Gasteiger partial charge on any atom is -0.505 e. The second kappa shape index (κ2) is 12.9. The van der Waals surface area contributed by atoms with E-state index in [1.165, 1.54) is 35.6 Å². The van der Waals surface area contributed by atoms with Crippen LogP contribution < -0.4 is 21.8 Å². The molecule has 44 heavy (non-hydrogen) atoms. The predicted molar refractivity (Wildman–Crippen MR) is 167 cm³/mol. The molecular formula is C32H35N7O5. The smallest absolute Gasteiger partial charge is 0.290 e. The molecule has 2 aromatic heterocycles. The van der Waals surface area contributed by atoms with Crippen LogP contribution in [0.1, 0.15) is 45.8 Å². The van der Waals surface area contributed by atoms with Crippen molar-refractivity contribution >= 4 is 28.9 Å². The van der Waals surface area contributed by atoms with Gasteiger partial charge in [-0.05, 0) is 36.2 Å². The Bertz CT molecular complexity index is 1780. The number of piperazine rings is 1. The summed E-state index contributed by atoms with van der Waals surface area (Å²) in [7, 11) is 2.98. The first-order chi connectivity index (χ1) is 21.2. The number of carbonyl (C=O) groups excluding carboxylic acids is 2. The van der Waals surface area contributed by atoms with Crippen molar-refractivity contribution in [1.82, 2.24) is 24.1 Å². The number of hydrogen-bond acceptors (Lipinski definition) is 8. The number of pyridine rings is 1. The van der Waals surface area contributed by atoms with Crippen LogP contribution in [0.3, 0.4) is 0 Å². The van der Waals surface area contributed by atoms with Crippen molar-refractivity contribution in [1.29, 1.82) is 0 Å². The Labute approximate surface area is 254 Å². The molecule has 1 aliphatic heterocycles. The SMILES string of the molecule is CCC(Nc1c(Nc2cccc(C(=O)N3CCN(C(=O)c4ccccn4)CC3)c2O)c(=O)n(C)n(C)c1=O)c1ccccc1. The number of nitrogens with one attached hydrogen (secondary N) is 2. The highest BCUT2D eigenvalue weighted by Crippen LogP contribution is 2.33. The van der Waals surface area contributed by atoms with Crippen molar-refractivity contribution in [3.8, 4) is 5.75 Å². The van der Waals surface area contributed by atoms with Gasteiger partial charge < -0.3 is 25.5 Å². The van der Waals surface area contributed by atoms with Crippen molar-refractivity contribution in [2.75, 3.05) is 36.8 Å². The molecule has 1 saturated heterocycles. The standard InChI is InChI=1S/C32H35N7O5/c1-4-23(21-11-6-5-7-12-21)34-26-27(32(44)37(3)36(2)31(26)43)35-24-15-10-13-22(28(24)40)29(41)38-17-19-39(20-18-38)30(42)25-14-8-9-16-33-25/h5-16,23,34-35,40H,4,17-20H2,1-3H3. The van der Waals surface area contributed by atoms with E-state index in [9.17, 15) is 24.3 Å². The van der Waals surface area contributed by atoms with E-state index in [0.717, 1.165) is 5.56 Å². The molecule has 1 unspecified atom stereocenters. The number of phenolic OH excluding ortho intramolecular Hbond substituents is 1. The van der Waals surface area contributed by atoms with Gasteiger partial charge in [0.05, 0.1) is 17.3 Å². The number of nitrogens with zero attached hydrogens (tertiary/aromatic N) is 5. The number of benzene rings is 2. The quantitative estimate of drug-likeness (QED) is 0.263. The third-order valence-electron chi connectivity index (χ3n) is 7.91. The van der Waals surface area contributed by atoms with E-state index in [1.807, 2.05) is 37.3 Å². The maximum absolute atomic E-state index is 13.5. The molecule has 12 heteroatoms. The van der Waals surface area contributed by atoms with Crippen LogP contribution in [0.4, 0.5) is 17.1 Å². The fourth-order valence-corrected chi connectivity index (χ4v) is 5.23. The van der Waals surface area contributed by atoms with Crippen molar-refractivity contribution in [2.45, 2.75) is 19.4 Å². The Hall–Kier alpha value is -5.39. The van der Waals surface area contributed by atoms with Gasteiger partial charge in [0.25, 0.3) is 22.9 Å². The van der Waals surface area contributed by atoms with Gasteiger partial charge in [0.15, 0.2) is 5.75 Å². The van der Waals surface area contributed by atoms with Gasteiger partial charge in [-0.15, -0.1) is 0 Å². The summed E-state index contributed by atoms with van der Waals surface area (Å²) in [6, 6.07) is 19.1. The fourth-order valence-electron chi connectivity index (χ4n) is 5.23. The molecule has 3 N–H and O–H groups in total. The number of phenols is 1. The van der Waals surface area contributed by atoms with Crippen molar-refractivity contribution in [3.05, 3.63) is 110 Å². The third-order valence-corrected chi connectivity index (χ3v) is 7.91. The van der Waals surface area contributed by atoms with Crippen LogP contribution in [0.15, 0.2) is 82.5 Å². The summed E-state index contributed by atoms with van der Waals surface area (Å²) in [5.41, 5.74) is 0.486. The lowest BCUT2D eigenvalue weighted by Crippen LogP contribution is -2.50. The first-order valence-electron chi connectivity index (χ1n) is 14.4. The lowest BCUT2D eigenvalue weighted by molar-refractivity contribution is 0.0530. The molecule has 2 amide bonds. The molecule has 1 atom stereocenters. The summed E-state index contributed by atoms with van der Waals surface area (Å²) in [6.07, 6.45) is 2.20. The number of aromatic hydroxyl groups is 1. The van der Waals surface area contributed by atoms with Crippen LogP contribution in [0, 0.1) is 0 Å². The molecule has 0 spiro atoms. The van der Waals surface area contributed by atoms with E-state index >= 15 is 0 Å². The van der Waals surface area contributed by atoms with Crippen LogP contribution >= 0.6 is 0 Å². The Morgan fingerprint density at radius 1 is 0.818 bits per heavy atom. The topological polar surface area (TPSA) is 142 Å². The van der Waals surface area contributed by atoms with Crippen LogP contribution in [0.25, 0.3) is 0 Å². The first kappa shape index (κ1) is 30.1. The minimum atomic E-state index is -0.498. The minimum absolute atomic E-state index is 0.0328. The lowest BCUT2D eigenvalue weighted by atomic mass is 10.0. The van der Waals surface area contributed by atoms with Crippen LogP contribution in [-0.4, -0.2) is 67.2 Å². The summed E-state index contributed by atoms with van der Waals surface area (Å²) < 4.78 is 2.39. The van der Waals surface area contributed by atoms with Crippen molar-refractivity contribution in [3.63, 3.8) is 0 Å². The molecule has 3 heterocycles. The van der Waals surface area contributed by atoms with Gasteiger partial charge >= 0.3 is 0 Å². The third kappa shape index (κ3) is 5.91. The molecule has 12 nitrogen and oxygen atoms in total. The molecule has 2 aromatic carbocycles. The summed E-state index contributed by atoms with van der Waals surface area (Å²) >= 11 is 0. The largest absolute Gasteiger partial charge is 0.505 e. The molecule has 1 aliphatic rings. The second-order valence-electron chi connectivity index (χ2n) is 10.5. The van der Waals surface area contributed by atoms with Gasteiger partial charge in [0, 0.05) is 46.5 Å². The van der Waals surface area contributed by atoms with Crippen molar-refractivity contribution in [2.24, 2.45) is 14.1 Å². The van der Waals surface area contributed by atoms with E-state index < -0.39 is 17.0 Å². The highest BCUT2D eigenvalue weighted by Gasteiger charge is 2.28. The van der Waals surface area contributed by atoms with Gasteiger partial charge in [0.1, 0.15) is 17.1 Å². The van der Waals surface area contributed by atoms with Gasteiger partial charge in [-0.3, -0.25) is 24.2 Å². The summed E-state index contributed by atoms with van der Waals surface area (Å²) in [6.45, 7) is 3.15. The number of amides is 2. The number of carbonyl (C=O) groups is 2. The molecule has 0 bridgehead atoms.